The predicted octanol–water partition coefficient (Wildman–Crippen LogP) is 9.42. The average molecular weight is 569 g/mol. The molecule has 184 valence electrons. The fourth-order valence-electron chi connectivity index (χ4n) is 4.31. The Morgan fingerprint density at radius 2 is 1.41 bits per heavy atom. The first kappa shape index (κ1) is 25.0. The topological polar surface area (TPSA) is 29.5 Å². The summed E-state index contributed by atoms with van der Waals surface area (Å²) in [6.07, 6.45) is 1.03. The second-order valence-electron chi connectivity index (χ2n) is 8.64. The Hall–Kier alpha value is -3.67. The maximum atomic E-state index is 11.6. The molecule has 0 aliphatic rings. The van der Waals surface area contributed by atoms with Gasteiger partial charge in [-0.25, -0.2) is 0 Å². The number of rotatable bonds is 8. The maximum Gasteiger partial charge on any atom is 0.305 e. The molecule has 0 radical (unpaired) electrons. The van der Waals surface area contributed by atoms with Crippen LogP contribution < -0.4 is 4.90 Å². The van der Waals surface area contributed by atoms with Gasteiger partial charge in [0.2, 0.25) is 0 Å². The normalized spacial score (nSPS) is 10.8. The number of anilines is 3. The van der Waals surface area contributed by atoms with Crippen LogP contribution in [-0.2, 0) is 16.0 Å². The van der Waals surface area contributed by atoms with Crippen molar-refractivity contribution in [3.8, 4) is 21.6 Å². The summed E-state index contributed by atoms with van der Waals surface area (Å²) in [5.74, 6) is -0.193. The van der Waals surface area contributed by atoms with Gasteiger partial charge in [-0.3, -0.25) is 4.79 Å². The van der Waals surface area contributed by atoms with Crippen LogP contribution in [0.3, 0.4) is 0 Å². The van der Waals surface area contributed by atoms with Gasteiger partial charge in [0.15, 0.2) is 0 Å². The van der Waals surface area contributed by atoms with Crippen molar-refractivity contribution >= 4 is 50.3 Å². The van der Waals surface area contributed by atoms with Gasteiger partial charge in [0.05, 0.1) is 10.9 Å². The summed E-state index contributed by atoms with van der Waals surface area (Å²) in [5, 5.41) is 0. The van der Waals surface area contributed by atoms with Gasteiger partial charge in [0.1, 0.15) is 0 Å². The van der Waals surface area contributed by atoms with Gasteiger partial charge in [-0.1, -0.05) is 66.7 Å². The van der Waals surface area contributed by atoms with Crippen LogP contribution >= 0.6 is 27.3 Å². The lowest BCUT2D eigenvalue weighted by atomic mass is 10.0. The molecule has 5 rings (SSSR count). The number of esters is 1. The van der Waals surface area contributed by atoms with Crippen molar-refractivity contribution in [1.29, 1.82) is 0 Å². The Morgan fingerprint density at radius 3 is 2.05 bits per heavy atom. The Labute approximate surface area is 230 Å². The highest BCUT2D eigenvalue weighted by Gasteiger charge is 2.14. The molecule has 0 unspecified atom stereocenters. The summed E-state index contributed by atoms with van der Waals surface area (Å²) >= 11 is 5.30. The average Bonchev–Trinajstić information content (AvgIpc) is 3.40. The number of hydrogen-bond donors (Lipinski definition) is 0. The van der Waals surface area contributed by atoms with Crippen LogP contribution in [0, 0.1) is 0 Å². The molecule has 4 aromatic carbocycles. The lowest BCUT2D eigenvalue weighted by molar-refractivity contribution is -0.140. The van der Waals surface area contributed by atoms with E-state index < -0.39 is 0 Å². The molecular formula is C32H26BrNO2S. The van der Waals surface area contributed by atoms with E-state index in [9.17, 15) is 4.79 Å². The van der Waals surface area contributed by atoms with Crippen molar-refractivity contribution in [1.82, 2.24) is 0 Å². The van der Waals surface area contributed by atoms with Crippen molar-refractivity contribution < 1.29 is 9.53 Å². The Bertz CT molecular complexity index is 1480. The van der Waals surface area contributed by atoms with Crippen LogP contribution in [0.25, 0.3) is 21.6 Å². The van der Waals surface area contributed by atoms with Crippen molar-refractivity contribution in [3.05, 3.63) is 125 Å². The number of halogens is 1. The molecule has 1 heterocycles. The molecule has 1 aromatic heterocycles. The highest BCUT2D eigenvalue weighted by atomic mass is 79.9. The summed E-state index contributed by atoms with van der Waals surface area (Å²) < 4.78 is 5.91. The lowest BCUT2D eigenvalue weighted by Crippen LogP contribution is -2.10. The number of ether oxygens (including phenoxy) is 1. The van der Waals surface area contributed by atoms with Crippen LogP contribution in [0.1, 0.15) is 12.0 Å². The fraction of sp³-hybridized carbons (Fsp3) is 0.0938. The first-order chi connectivity index (χ1) is 18.1. The third-order valence-corrected chi connectivity index (χ3v) is 7.91. The number of hydrogen-bond acceptors (Lipinski definition) is 4. The molecule has 5 heteroatoms. The molecule has 0 spiro atoms. The molecule has 0 aliphatic heterocycles. The van der Waals surface area contributed by atoms with E-state index in [4.69, 9.17) is 4.74 Å². The first-order valence-electron chi connectivity index (χ1n) is 12.1. The van der Waals surface area contributed by atoms with Gasteiger partial charge in [-0.2, -0.15) is 0 Å². The Morgan fingerprint density at radius 1 is 0.730 bits per heavy atom. The van der Waals surface area contributed by atoms with Gasteiger partial charge < -0.3 is 9.64 Å². The zero-order valence-corrected chi connectivity index (χ0v) is 22.8. The van der Waals surface area contributed by atoms with E-state index in [-0.39, 0.29) is 5.97 Å². The minimum atomic E-state index is -0.193. The predicted molar refractivity (Wildman–Crippen MR) is 158 cm³/mol. The standard InChI is InChI=1S/C32H26BrNO2S/c1-36-32(35)21-12-23-10-15-27(16-11-23)34(28-17-13-25(14-18-28)30-19-20-31(33)37-30)29-9-5-8-26(22-29)24-6-3-2-4-7-24/h2-11,13-20,22H,12,21H2,1H3. The smallest absolute Gasteiger partial charge is 0.305 e. The summed E-state index contributed by atoms with van der Waals surface area (Å²) in [6, 6.07) is 40.4. The van der Waals surface area contributed by atoms with Gasteiger partial charge in [0.25, 0.3) is 0 Å². The van der Waals surface area contributed by atoms with E-state index in [2.05, 4.69) is 130 Å². The second kappa shape index (κ2) is 11.6. The molecule has 5 aromatic rings. The van der Waals surface area contributed by atoms with E-state index >= 15 is 0 Å². The minimum absolute atomic E-state index is 0.193. The van der Waals surface area contributed by atoms with Crippen LogP contribution in [0.4, 0.5) is 17.1 Å². The molecule has 0 N–H and O–H groups in total. The first-order valence-corrected chi connectivity index (χ1v) is 13.7. The molecular weight excluding hydrogens is 542 g/mol. The monoisotopic (exact) mass is 567 g/mol. The number of carbonyl (C=O) groups excluding carboxylic acids is 1. The molecule has 0 bridgehead atoms. The number of benzene rings is 4. The van der Waals surface area contributed by atoms with Gasteiger partial charge in [-0.15, -0.1) is 11.3 Å². The number of nitrogens with zero attached hydrogens (tertiary/aromatic N) is 1. The molecule has 0 fully saturated rings. The quantitative estimate of drug-likeness (QED) is 0.175. The largest absolute Gasteiger partial charge is 0.469 e. The number of thiophene rings is 1. The second-order valence-corrected chi connectivity index (χ2v) is 11.1. The molecule has 0 atom stereocenters. The minimum Gasteiger partial charge on any atom is -0.469 e. The summed E-state index contributed by atoms with van der Waals surface area (Å²) in [6.45, 7) is 0. The van der Waals surface area contributed by atoms with Gasteiger partial charge >= 0.3 is 5.97 Å². The van der Waals surface area contributed by atoms with E-state index in [1.807, 2.05) is 6.07 Å². The zero-order valence-electron chi connectivity index (χ0n) is 20.4. The number of methoxy groups -OCH3 is 1. The van der Waals surface area contributed by atoms with E-state index in [0.717, 1.165) is 32.0 Å². The van der Waals surface area contributed by atoms with Crippen LogP contribution in [0.5, 0.6) is 0 Å². The molecule has 3 nitrogen and oxygen atoms in total. The van der Waals surface area contributed by atoms with Crippen molar-refractivity contribution in [2.45, 2.75) is 12.8 Å². The SMILES string of the molecule is COC(=O)CCc1ccc(N(c2ccc(-c3ccc(Br)s3)cc2)c2cccc(-c3ccccc3)c2)cc1. The van der Waals surface area contributed by atoms with Crippen LogP contribution in [-0.4, -0.2) is 13.1 Å². The highest BCUT2D eigenvalue weighted by Crippen LogP contribution is 2.38. The number of carbonyl (C=O) groups is 1. The lowest BCUT2D eigenvalue weighted by Gasteiger charge is -2.26. The molecule has 0 saturated heterocycles. The number of aryl methyl sites for hydroxylation is 1. The van der Waals surface area contributed by atoms with Crippen molar-refractivity contribution in [2.24, 2.45) is 0 Å². The van der Waals surface area contributed by atoms with E-state index in [1.165, 1.54) is 23.1 Å². The van der Waals surface area contributed by atoms with E-state index in [0.29, 0.717) is 12.8 Å². The van der Waals surface area contributed by atoms with Gasteiger partial charge in [0, 0.05) is 28.4 Å². The Balaban J connectivity index is 1.52. The molecule has 0 amide bonds. The third-order valence-electron chi connectivity index (χ3n) is 6.23. The maximum absolute atomic E-state index is 11.6. The van der Waals surface area contributed by atoms with Crippen LogP contribution in [0.15, 0.2) is 119 Å². The van der Waals surface area contributed by atoms with Crippen molar-refractivity contribution in [2.75, 3.05) is 12.0 Å². The van der Waals surface area contributed by atoms with Gasteiger partial charge in [-0.05, 0) is 93.1 Å². The third kappa shape index (κ3) is 6.01. The summed E-state index contributed by atoms with van der Waals surface area (Å²) in [7, 11) is 1.43. The molecule has 0 aliphatic carbocycles. The van der Waals surface area contributed by atoms with Crippen LogP contribution in [0.2, 0.25) is 0 Å². The fourth-order valence-corrected chi connectivity index (χ4v) is 5.70. The zero-order chi connectivity index (χ0) is 25.6. The summed E-state index contributed by atoms with van der Waals surface area (Å²) in [5.41, 5.74) is 7.85. The Kier molecular flexibility index (Phi) is 7.83. The highest BCUT2D eigenvalue weighted by molar-refractivity contribution is 9.11. The summed E-state index contributed by atoms with van der Waals surface area (Å²) in [4.78, 5) is 15.1. The van der Waals surface area contributed by atoms with Crippen molar-refractivity contribution in [3.63, 3.8) is 0 Å². The van der Waals surface area contributed by atoms with E-state index in [1.54, 1.807) is 11.3 Å². The molecule has 37 heavy (non-hydrogen) atoms. The molecule has 0 saturated carbocycles.